The molecule has 4 heteroatoms. The van der Waals surface area contributed by atoms with Crippen molar-refractivity contribution in [2.75, 3.05) is 13.1 Å². The molecule has 0 fully saturated rings. The lowest BCUT2D eigenvalue weighted by Gasteiger charge is -2.24. The molecule has 1 aromatic carbocycles. The zero-order valence-electron chi connectivity index (χ0n) is 14.3. The van der Waals surface area contributed by atoms with Crippen molar-refractivity contribution in [3.63, 3.8) is 0 Å². The van der Waals surface area contributed by atoms with E-state index >= 15 is 0 Å². The number of carbonyl (C=O) groups is 1. The lowest BCUT2D eigenvalue weighted by atomic mass is 10.2. The highest BCUT2D eigenvalue weighted by atomic mass is 16.2. The van der Waals surface area contributed by atoms with Crippen LogP contribution in [-0.2, 0) is 24.9 Å². The van der Waals surface area contributed by atoms with Crippen LogP contribution in [-0.4, -0.2) is 28.5 Å². The second kappa shape index (κ2) is 8.53. The Morgan fingerprint density at radius 3 is 2.48 bits per heavy atom. The highest BCUT2D eigenvalue weighted by Crippen LogP contribution is 2.10. The van der Waals surface area contributed by atoms with Crippen molar-refractivity contribution in [1.29, 1.82) is 0 Å². The molecule has 0 atom stereocenters. The van der Waals surface area contributed by atoms with Crippen molar-refractivity contribution in [3.05, 3.63) is 59.9 Å². The molecule has 1 aromatic heterocycles. The third kappa shape index (κ3) is 5.57. The van der Waals surface area contributed by atoms with Crippen LogP contribution in [0.5, 0.6) is 0 Å². The lowest BCUT2D eigenvalue weighted by molar-refractivity contribution is -0.131. The van der Waals surface area contributed by atoms with E-state index < -0.39 is 0 Å². The van der Waals surface area contributed by atoms with Crippen LogP contribution in [0.15, 0.2) is 48.7 Å². The number of amides is 1. The fourth-order valence-electron chi connectivity index (χ4n) is 2.47. The van der Waals surface area contributed by atoms with Gasteiger partial charge in [0.15, 0.2) is 0 Å². The molecule has 2 rings (SSSR count). The van der Waals surface area contributed by atoms with Gasteiger partial charge in [0, 0.05) is 25.5 Å². The minimum Gasteiger partial charge on any atom is -0.353 e. The maximum absolute atomic E-state index is 12.6. The van der Waals surface area contributed by atoms with E-state index in [0.29, 0.717) is 25.6 Å². The van der Waals surface area contributed by atoms with Crippen molar-refractivity contribution in [1.82, 2.24) is 14.8 Å². The van der Waals surface area contributed by atoms with Gasteiger partial charge >= 0.3 is 0 Å². The van der Waals surface area contributed by atoms with Crippen LogP contribution in [0.25, 0.3) is 0 Å². The van der Waals surface area contributed by atoms with E-state index in [1.807, 2.05) is 42.4 Å². The van der Waals surface area contributed by atoms with E-state index in [1.54, 1.807) is 0 Å². The van der Waals surface area contributed by atoms with E-state index in [4.69, 9.17) is 0 Å². The van der Waals surface area contributed by atoms with E-state index in [2.05, 4.69) is 41.9 Å². The van der Waals surface area contributed by atoms with Crippen LogP contribution >= 0.6 is 0 Å². The minimum atomic E-state index is 0.135. The Bertz CT molecular complexity index is 604. The average Bonchev–Trinajstić information content (AvgIpc) is 2.92. The van der Waals surface area contributed by atoms with Crippen molar-refractivity contribution >= 4 is 5.91 Å². The summed E-state index contributed by atoms with van der Waals surface area (Å²) in [6, 6.07) is 14.2. The molecule has 0 spiro atoms. The lowest BCUT2D eigenvalue weighted by Crippen LogP contribution is -2.38. The average molecular weight is 313 g/mol. The minimum absolute atomic E-state index is 0.135. The second-order valence-electron chi connectivity index (χ2n) is 6.37. The van der Waals surface area contributed by atoms with Crippen LogP contribution in [0, 0.1) is 5.92 Å². The molecule has 0 aliphatic rings. The summed E-state index contributed by atoms with van der Waals surface area (Å²) in [5.41, 5.74) is 2.29. The van der Waals surface area contributed by atoms with E-state index in [1.165, 1.54) is 0 Å². The molecular formula is C19H27N3O. The first-order valence-corrected chi connectivity index (χ1v) is 8.19. The van der Waals surface area contributed by atoms with Gasteiger partial charge in [0.2, 0.25) is 5.91 Å². The number of carbonyl (C=O) groups excluding carboxylic acids is 1. The predicted octanol–water partition coefficient (Wildman–Crippen LogP) is 2.80. The highest BCUT2D eigenvalue weighted by molar-refractivity contribution is 5.78. The molecule has 1 heterocycles. The Balaban J connectivity index is 2.04. The number of nitrogens with zero attached hydrogens (tertiary/aromatic N) is 2. The number of aromatic nitrogens is 1. The van der Waals surface area contributed by atoms with Crippen molar-refractivity contribution in [2.24, 2.45) is 13.0 Å². The molecule has 1 amide bonds. The Labute approximate surface area is 139 Å². The third-order valence-corrected chi connectivity index (χ3v) is 3.80. The van der Waals surface area contributed by atoms with Gasteiger partial charge in [-0.25, -0.2) is 0 Å². The molecule has 0 radical (unpaired) electrons. The summed E-state index contributed by atoms with van der Waals surface area (Å²) in [6.07, 6.45) is 2.01. The number of aryl methyl sites for hydroxylation is 1. The molecule has 1 N–H and O–H groups in total. The number of hydrogen-bond donors (Lipinski definition) is 1. The molecule has 124 valence electrons. The predicted molar refractivity (Wildman–Crippen MR) is 93.8 cm³/mol. The Hall–Kier alpha value is -2.07. The van der Waals surface area contributed by atoms with E-state index in [0.717, 1.165) is 17.8 Å². The zero-order valence-corrected chi connectivity index (χ0v) is 14.3. The van der Waals surface area contributed by atoms with Gasteiger partial charge in [0.1, 0.15) is 0 Å². The maximum atomic E-state index is 12.6. The molecule has 2 aromatic rings. The molecule has 0 aliphatic carbocycles. The largest absolute Gasteiger partial charge is 0.353 e. The van der Waals surface area contributed by atoms with Gasteiger partial charge < -0.3 is 14.8 Å². The van der Waals surface area contributed by atoms with Crippen LogP contribution < -0.4 is 5.32 Å². The van der Waals surface area contributed by atoms with Gasteiger partial charge in [-0.15, -0.1) is 0 Å². The Morgan fingerprint density at radius 1 is 1.13 bits per heavy atom. The van der Waals surface area contributed by atoms with Crippen molar-refractivity contribution < 1.29 is 4.79 Å². The fourth-order valence-corrected chi connectivity index (χ4v) is 2.47. The van der Waals surface area contributed by atoms with E-state index in [9.17, 15) is 4.79 Å². The Morgan fingerprint density at radius 2 is 1.87 bits per heavy atom. The van der Waals surface area contributed by atoms with Crippen LogP contribution in [0.4, 0.5) is 0 Å². The Kier molecular flexibility index (Phi) is 6.41. The summed E-state index contributed by atoms with van der Waals surface area (Å²) in [5.74, 6) is 0.675. The van der Waals surface area contributed by atoms with Crippen molar-refractivity contribution in [2.45, 2.75) is 26.9 Å². The van der Waals surface area contributed by atoms with Crippen LogP contribution in [0.1, 0.15) is 25.1 Å². The van der Waals surface area contributed by atoms with Gasteiger partial charge in [-0.3, -0.25) is 4.79 Å². The molecule has 0 saturated heterocycles. The summed E-state index contributed by atoms with van der Waals surface area (Å²) in [5, 5.41) is 3.25. The summed E-state index contributed by atoms with van der Waals surface area (Å²) < 4.78 is 2.06. The molecule has 0 bridgehead atoms. The first-order valence-electron chi connectivity index (χ1n) is 8.19. The second-order valence-corrected chi connectivity index (χ2v) is 6.37. The first kappa shape index (κ1) is 17.3. The molecule has 0 saturated carbocycles. The fraction of sp³-hybridized carbons (Fsp3) is 0.421. The summed E-state index contributed by atoms with van der Waals surface area (Å²) in [4.78, 5) is 14.5. The van der Waals surface area contributed by atoms with Crippen molar-refractivity contribution in [3.8, 4) is 0 Å². The first-order chi connectivity index (χ1) is 11.1. The zero-order chi connectivity index (χ0) is 16.7. The van der Waals surface area contributed by atoms with Crippen LogP contribution in [0.3, 0.4) is 0 Å². The topological polar surface area (TPSA) is 37.3 Å². The monoisotopic (exact) mass is 313 g/mol. The van der Waals surface area contributed by atoms with Gasteiger partial charge in [-0.05, 0) is 30.2 Å². The normalized spacial score (nSPS) is 11.0. The summed E-state index contributed by atoms with van der Waals surface area (Å²) in [7, 11) is 2.01. The third-order valence-electron chi connectivity index (χ3n) is 3.80. The molecule has 23 heavy (non-hydrogen) atoms. The maximum Gasteiger partial charge on any atom is 0.237 e. The molecule has 0 unspecified atom stereocenters. The standard InChI is InChI=1S/C19H27N3O/c1-16(2)12-20-13-19(23)22(14-17-8-5-4-6-9-17)15-18-10-7-11-21(18)3/h4-11,16,20H,12-15H2,1-3H3. The quantitative estimate of drug-likeness (QED) is 0.814. The van der Waals surface area contributed by atoms with Crippen LogP contribution in [0.2, 0.25) is 0 Å². The number of hydrogen-bond acceptors (Lipinski definition) is 2. The molecule has 4 nitrogen and oxygen atoms in total. The van der Waals surface area contributed by atoms with Gasteiger partial charge in [-0.1, -0.05) is 44.2 Å². The SMILES string of the molecule is CC(C)CNCC(=O)N(Cc1ccccc1)Cc1cccn1C. The van der Waals surface area contributed by atoms with Gasteiger partial charge in [-0.2, -0.15) is 0 Å². The molecular weight excluding hydrogens is 286 g/mol. The van der Waals surface area contributed by atoms with Gasteiger partial charge in [0.05, 0.1) is 13.1 Å². The summed E-state index contributed by atoms with van der Waals surface area (Å²) in [6.45, 7) is 6.78. The smallest absolute Gasteiger partial charge is 0.237 e. The highest BCUT2D eigenvalue weighted by Gasteiger charge is 2.15. The number of nitrogens with one attached hydrogen (secondary N) is 1. The number of benzene rings is 1. The summed E-state index contributed by atoms with van der Waals surface area (Å²) >= 11 is 0. The van der Waals surface area contributed by atoms with E-state index in [-0.39, 0.29) is 5.91 Å². The molecule has 0 aliphatic heterocycles. The van der Waals surface area contributed by atoms with Gasteiger partial charge in [0.25, 0.3) is 0 Å². The number of rotatable bonds is 8.